The number of hydrogen-bond acceptors (Lipinski definition) is 6. The van der Waals surface area contributed by atoms with Gasteiger partial charge in [-0.25, -0.2) is 14.2 Å². The van der Waals surface area contributed by atoms with Gasteiger partial charge in [-0.3, -0.25) is 14.6 Å². The average molecular weight is 452 g/mol. The Hall–Kier alpha value is -3.66. The van der Waals surface area contributed by atoms with E-state index in [-0.39, 0.29) is 5.91 Å². The molecular formula is C23H25FN6O3. The summed E-state index contributed by atoms with van der Waals surface area (Å²) in [6.07, 6.45) is -1.99. The molecule has 1 N–H and O–H groups in total. The van der Waals surface area contributed by atoms with E-state index >= 15 is 0 Å². The summed E-state index contributed by atoms with van der Waals surface area (Å²) in [6, 6.07) is 13.7. The number of rotatable bonds is 4. The Labute approximate surface area is 190 Å². The zero-order chi connectivity index (χ0) is 23.1. The number of H-pyrrole nitrogens is 1. The fourth-order valence-electron chi connectivity index (χ4n) is 4.43. The van der Waals surface area contributed by atoms with Crippen molar-refractivity contribution in [3.8, 4) is 0 Å². The van der Waals surface area contributed by atoms with Crippen LogP contribution in [-0.4, -0.2) is 77.4 Å². The van der Waals surface area contributed by atoms with Crippen LogP contribution in [0.3, 0.4) is 0 Å². The summed E-state index contributed by atoms with van der Waals surface area (Å²) in [7, 11) is 1.60. The first kappa shape index (κ1) is 21.2. The second-order valence-electron chi connectivity index (χ2n) is 8.27. The molecule has 2 atom stereocenters. The SMILES string of the molecule is CC(=O)N(C)C1OC(=O)N(c2cccc(F)c2)C1N1CCN(c2nc3ccccc3[nH]2)CC1. The van der Waals surface area contributed by atoms with E-state index in [2.05, 4.69) is 19.8 Å². The fraction of sp³-hybridized carbons (Fsp3) is 0.348. The van der Waals surface area contributed by atoms with Gasteiger partial charge in [0.25, 0.3) is 0 Å². The van der Waals surface area contributed by atoms with Gasteiger partial charge >= 0.3 is 6.09 Å². The molecule has 0 bridgehead atoms. The molecule has 0 spiro atoms. The Kier molecular flexibility index (Phi) is 5.37. The van der Waals surface area contributed by atoms with E-state index < -0.39 is 24.3 Å². The van der Waals surface area contributed by atoms with E-state index in [0.717, 1.165) is 17.0 Å². The van der Waals surface area contributed by atoms with Crippen LogP contribution in [-0.2, 0) is 9.53 Å². The van der Waals surface area contributed by atoms with Crippen LogP contribution in [0.2, 0.25) is 0 Å². The summed E-state index contributed by atoms with van der Waals surface area (Å²) >= 11 is 0. The number of piperazine rings is 1. The minimum absolute atomic E-state index is 0.222. The molecule has 0 radical (unpaired) electrons. The number of aromatic amines is 1. The summed E-state index contributed by atoms with van der Waals surface area (Å²) < 4.78 is 19.6. The molecule has 2 saturated heterocycles. The normalized spacial score (nSPS) is 21.5. The molecule has 2 fully saturated rings. The molecule has 3 aromatic rings. The molecule has 172 valence electrons. The van der Waals surface area contributed by atoms with Crippen molar-refractivity contribution in [3.63, 3.8) is 0 Å². The molecule has 2 aliphatic rings. The van der Waals surface area contributed by atoms with Gasteiger partial charge in [0.15, 0.2) is 6.17 Å². The van der Waals surface area contributed by atoms with Gasteiger partial charge in [0.05, 0.1) is 16.7 Å². The first-order valence-electron chi connectivity index (χ1n) is 10.8. The third-order valence-corrected chi connectivity index (χ3v) is 6.27. The molecule has 2 amide bonds. The average Bonchev–Trinajstić information content (AvgIpc) is 3.39. The van der Waals surface area contributed by atoms with Crippen molar-refractivity contribution in [2.75, 3.05) is 43.0 Å². The third kappa shape index (κ3) is 3.86. The van der Waals surface area contributed by atoms with Gasteiger partial charge in [-0.2, -0.15) is 0 Å². The second kappa shape index (κ2) is 8.36. The standard InChI is InChI=1S/C23H25FN6O3/c1-15(31)27(2)21-20(30(23(32)33-21)17-7-5-6-16(24)14-17)28-10-12-29(13-11-28)22-25-18-8-3-4-9-19(18)26-22/h3-9,14,20-21H,10-13H2,1-2H3,(H,25,26). The zero-order valence-electron chi connectivity index (χ0n) is 18.4. The number of aromatic nitrogens is 2. The number of imidazole rings is 1. The van der Waals surface area contributed by atoms with Crippen molar-refractivity contribution in [2.45, 2.75) is 19.3 Å². The first-order valence-corrected chi connectivity index (χ1v) is 10.8. The van der Waals surface area contributed by atoms with Gasteiger partial charge in [0.1, 0.15) is 5.82 Å². The second-order valence-corrected chi connectivity index (χ2v) is 8.27. The molecule has 33 heavy (non-hydrogen) atoms. The molecule has 9 nitrogen and oxygen atoms in total. The van der Waals surface area contributed by atoms with Gasteiger partial charge in [-0.15, -0.1) is 0 Å². The number of benzene rings is 2. The molecule has 2 aromatic carbocycles. The lowest BCUT2D eigenvalue weighted by Crippen LogP contribution is -2.60. The molecule has 2 unspecified atom stereocenters. The summed E-state index contributed by atoms with van der Waals surface area (Å²) in [5.74, 6) is 0.130. The maximum absolute atomic E-state index is 14.0. The largest absolute Gasteiger partial charge is 0.421 e. The smallest absolute Gasteiger partial charge is 0.417 e. The van der Waals surface area contributed by atoms with Crippen molar-refractivity contribution in [1.29, 1.82) is 0 Å². The number of halogens is 1. The van der Waals surface area contributed by atoms with Crippen LogP contribution in [0.1, 0.15) is 6.92 Å². The van der Waals surface area contributed by atoms with Crippen LogP contribution < -0.4 is 9.80 Å². The molecule has 2 aliphatic heterocycles. The molecule has 3 heterocycles. The summed E-state index contributed by atoms with van der Waals surface area (Å²) in [4.78, 5) is 40.1. The number of anilines is 2. The van der Waals surface area contributed by atoms with Gasteiger partial charge in [0, 0.05) is 40.2 Å². The van der Waals surface area contributed by atoms with Crippen LogP contribution in [0.25, 0.3) is 11.0 Å². The van der Waals surface area contributed by atoms with Crippen molar-refractivity contribution in [3.05, 3.63) is 54.3 Å². The third-order valence-electron chi connectivity index (χ3n) is 6.27. The van der Waals surface area contributed by atoms with Crippen molar-refractivity contribution >= 4 is 34.7 Å². The minimum atomic E-state index is -0.809. The maximum atomic E-state index is 14.0. The minimum Gasteiger partial charge on any atom is -0.421 e. The number of hydrogen-bond donors (Lipinski definition) is 1. The number of likely N-dealkylation sites (N-methyl/N-ethyl adjacent to an activating group) is 1. The quantitative estimate of drug-likeness (QED) is 0.655. The molecule has 10 heteroatoms. The molecule has 0 aliphatic carbocycles. The Morgan fingerprint density at radius 1 is 1.15 bits per heavy atom. The van der Waals surface area contributed by atoms with E-state index in [1.165, 1.54) is 28.9 Å². The molecule has 0 saturated carbocycles. The van der Waals surface area contributed by atoms with E-state index in [4.69, 9.17) is 4.74 Å². The van der Waals surface area contributed by atoms with E-state index in [1.54, 1.807) is 19.2 Å². The van der Waals surface area contributed by atoms with Crippen LogP contribution in [0.15, 0.2) is 48.5 Å². The molecule has 1 aromatic heterocycles. The number of nitrogens with zero attached hydrogens (tertiary/aromatic N) is 5. The summed E-state index contributed by atoms with van der Waals surface area (Å²) in [6.45, 7) is 3.96. The number of para-hydroxylation sites is 2. The van der Waals surface area contributed by atoms with E-state index in [1.807, 2.05) is 24.3 Å². The molecular weight excluding hydrogens is 427 g/mol. The Morgan fingerprint density at radius 2 is 1.91 bits per heavy atom. The highest BCUT2D eigenvalue weighted by molar-refractivity contribution is 5.91. The highest BCUT2D eigenvalue weighted by Crippen LogP contribution is 2.32. The van der Waals surface area contributed by atoms with E-state index in [0.29, 0.717) is 31.9 Å². The number of carbonyl (C=O) groups excluding carboxylic acids is 2. The van der Waals surface area contributed by atoms with Crippen LogP contribution in [0.4, 0.5) is 20.8 Å². The molecule has 5 rings (SSSR count). The fourth-order valence-corrected chi connectivity index (χ4v) is 4.43. The Bertz CT molecular complexity index is 1160. The topological polar surface area (TPSA) is 85.0 Å². The lowest BCUT2D eigenvalue weighted by molar-refractivity contribution is -0.137. The van der Waals surface area contributed by atoms with Gasteiger partial charge < -0.3 is 19.5 Å². The lowest BCUT2D eigenvalue weighted by atomic mass is 10.2. The van der Waals surface area contributed by atoms with Crippen LogP contribution in [0.5, 0.6) is 0 Å². The van der Waals surface area contributed by atoms with Crippen LogP contribution >= 0.6 is 0 Å². The van der Waals surface area contributed by atoms with Crippen molar-refractivity contribution < 1.29 is 18.7 Å². The number of ether oxygens (including phenoxy) is 1. The van der Waals surface area contributed by atoms with Gasteiger partial charge in [-0.05, 0) is 30.3 Å². The number of fused-ring (bicyclic) bond motifs is 1. The van der Waals surface area contributed by atoms with Crippen LogP contribution in [0, 0.1) is 5.82 Å². The van der Waals surface area contributed by atoms with Gasteiger partial charge in [0.2, 0.25) is 18.1 Å². The zero-order valence-corrected chi connectivity index (χ0v) is 18.4. The predicted octanol–water partition coefficient (Wildman–Crippen LogP) is 2.61. The summed E-state index contributed by atoms with van der Waals surface area (Å²) in [5.41, 5.74) is 2.28. The highest BCUT2D eigenvalue weighted by Gasteiger charge is 2.49. The monoisotopic (exact) mass is 452 g/mol. The Balaban J connectivity index is 1.40. The Morgan fingerprint density at radius 3 is 2.61 bits per heavy atom. The number of cyclic esters (lactones) is 1. The van der Waals surface area contributed by atoms with E-state index in [9.17, 15) is 14.0 Å². The predicted molar refractivity (Wildman–Crippen MR) is 121 cm³/mol. The van der Waals surface area contributed by atoms with Crippen molar-refractivity contribution in [1.82, 2.24) is 19.8 Å². The number of amides is 2. The number of carbonyl (C=O) groups is 2. The van der Waals surface area contributed by atoms with Gasteiger partial charge in [-0.1, -0.05) is 18.2 Å². The summed E-state index contributed by atoms with van der Waals surface area (Å²) in [5, 5.41) is 0. The first-order chi connectivity index (χ1) is 15.9. The van der Waals surface area contributed by atoms with Crippen molar-refractivity contribution in [2.24, 2.45) is 0 Å². The number of nitrogens with one attached hydrogen (secondary N) is 1. The highest BCUT2D eigenvalue weighted by atomic mass is 19.1. The maximum Gasteiger partial charge on any atom is 0.417 e. The lowest BCUT2D eigenvalue weighted by Gasteiger charge is -2.42.